The zero-order valence-electron chi connectivity index (χ0n) is 12.9. The van der Waals surface area contributed by atoms with Crippen molar-refractivity contribution >= 4 is 16.0 Å². The van der Waals surface area contributed by atoms with Crippen molar-refractivity contribution in [1.29, 1.82) is 0 Å². The van der Waals surface area contributed by atoms with Crippen molar-refractivity contribution in [2.75, 3.05) is 6.54 Å². The summed E-state index contributed by atoms with van der Waals surface area (Å²) in [5.41, 5.74) is 0.781. The van der Waals surface area contributed by atoms with Gasteiger partial charge in [-0.05, 0) is 30.9 Å². The third-order valence-electron chi connectivity index (χ3n) is 3.06. The van der Waals surface area contributed by atoms with Gasteiger partial charge in [0.1, 0.15) is 0 Å². The average Bonchev–Trinajstić information content (AvgIpc) is 2.33. The van der Waals surface area contributed by atoms with Gasteiger partial charge >= 0.3 is 5.97 Å². The summed E-state index contributed by atoms with van der Waals surface area (Å²) in [6.07, 6.45) is 0.402. The van der Waals surface area contributed by atoms with Crippen LogP contribution in [-0.2, 0) is 14.8 Å². The van der Waals surface area contributed by atoms with E-state index in [-0.39, 0.29) is 16.9 Å². The number of sulfonamides is 1. The van der Waals surface area contributed by atoms with E-state index in [1.54, 1.807) is 12.1 Å². The van der Waals surface area contributed by atoms with Crippen molar-refractivity contribution in [3.8, 4) is 0 Å². The molecule has 118 valence electrons. The molecule has 5 nitrogen and oxygen atoms in total. The van der Waals surface area contributed by atoms with Crippen LogP contribution in [0.25, 0.3) is 0 Å². The number of nitrogens with one attached hydrogen (secondary N) is 1. The maximum absolute atomic E-state index is 12.1. The van der Waals surface area contributed by atoms with Crippen LogP contribution in [0, 0.1) is 18.3 Å². The van der Waals surface area contributed by atoms with Gasteiger partial charge in [0.15, 0.2) is 0 Å². The van der Waals surface area contributed by atoms with Gasteiger partial charge in [0.25, 0.3) is 0 Å². The zero-order valence-corrected chi connectivity index (χ0v) is 13.7. The van der Waals surface area contributed by atoms with E-state index in [4.69, 9.17) is 0 Å². The molecule has 0 aliphatic rings. The quantitative estimate of drug-likeness (QED) is 0.845. The highest BCUT2D eigenvalue weighted by Gasteiger charge is 2.26. The Morgan fingerprint density at radius 2 is 1.76 bits per heavy atom. The molecule has 1 aromatic carbocycles. The molecule has 0 saturated carbocycles. The van der Waals surface area contributed by atoms with Gasteiger partial charge in [-0.15, -0.1) is 0 Å². The number of carboxylic acids is 1. The lowest BCUT2D eigenvalue weighted by molar-refractivity contribution is -0.142. The van der Waals surface area contributed by atoms with Crippen LogP contribution in [0.5, 0.6) is 0 Å². The molecule has 0 amide bonds. The first-order valence-corrected chi connectivity index (χ1v) is 8.29. The van der Waals surface area contributed by atoms with E-state index in [0.717, 1.165) is 5.56 Å². The van der Waals surface area contributed by atoms with Crippen molar-refractivity contribution in [3.63, 3.8) is 0 Å². The molecule has 0 aromatic heterocycles. The maximum atomic E-state index is 12.1. The van der Waals surface area contributed by atoms with Gasteiger partial charge in [-0.2, -0.15) is 0 Å². The number of benzene rings is 1. The first kappa shape index (κ1) is 17.7. The molecule has 1 rings (SSSR count). The Morgan fingerprint density at radius 3 is 2.19 bits per heavy atom. The molecule has 0 bridgehead atoms. The zero-order chi connectivity index (χ0) is 16.3. The van der Waals surface area contributed by atoms with Crippen molar-refractivity contribution in [2.45, 2.75) is 39.0 Å². The molecule has 0 aliphatic carbocycles. The Labute approximate surface area is 126 Å². The fourth-order valence-electron chi connectivity index (χ4n) is 2.00. The molecule has 6 heteroatoms. The van der Waals surface area contributed by atoms with Crippen molar-refractivity contribution in [2.24, 2.45) is 11.3 Å². The van der Waals surface area contributed by atoms with E-state index >= 15 is 0 Å². The summed E-state index contributed by atoms with van der Waals surface area (Å²) in [5.74, 6) is -1.73. The molecule has 0 saturated heterocycles. The lowest BCUT2D eigenvalue weighted by atomic mass is 9.85. The lowest BCUT2D eigenvalue weighted by Gasteiger charge is -2.23. The van der Waals surface area contributed by atoms with Gasteiger partial charge in [-0.1, -0.05) is 38.5 Å². The monoisotopic (exact) mass is 313 g/mol. The van der Waals surface area contributed by atoms with Crippen molar-refractivity contribution in [3.05, 3.63) is 29.8 Å². The highest BCUT2D eigenvalue weighted by molar-refractivity contribution is 7.89. The van der Waals surface area contributed by atoms with Gasteiger partial charge in [-0.25, -0.2) is 13.1 Å². The molecule has 0 aliphatic heterocycles. The van der Waals surface area contributed by atoms with Crippen LogP contribution < -0.4 is 4.72 Å². The number of carbonyl (C=O) groups is 1. The predicted molar refractivity (Wildman–Crippen MR) is 81.6 cm³/mol. The van der Waals surface area contributed by atoms with Gasteiger partial charge in [0.2, 0.25) is 10.0 Å². The van der Waals surface area contributed by atoms with Crippen molar-refractivity contribution in [1.82, 2.24) is 4.72 Å². The van der Waals surface area contributed by atoms with Crippen LogP contribution >= 0.6 is 0 Å². The summed E-state index contributed by atoms with van der Waals surface area (Å²) in [5, 5.41) is 9.21. The van der Waals surface area contributed by atoms with Crippen LogP contribution in [0.2, 0.25) is 0 Å². The molecule has 0 fully saturated rings. The number of hydrogen-bond donors (Lipinski definition) is 2. The Morgan fingerprint density at radius 1 is 1.24 bits per heavy atom. The highest BCUT2D eigenvalue weighted by Crippen LogP contribution is 2.24. The number of carboxylic acid groups (broad SMARTS) is 1. The largest absolute Gasteiger partial charge is 0.481 e. The molecule has 21 heavy (non-hydrogen) atoms. The Balaban J connectivity index is 2.79. The molecule has 0 spiro atoms. The summed E-state index contributed by atoms with van der Waals surface area (Å²) in [6.45, 7) is 7.54. The predicted octanol–water partition coefficient (Wildman–Crippen LogP) is 2.41. The maximum Gasteiger partial charge on any atom is 0.307 e. The normalized spacial score (nSPS) is 13.9. The fraction of sp³-hybridized carbons (Fsp3) is 0.533. The minimum absolute atomic E-state index is 0.108. The van der Waals surface area contributed by atoms with Crippen molar-refractivity contribution < 1.29 is 18.3 Å². The van der Waals surface area contributed by atoms with Crippen LogP contribution in [0.3, 0.4) is 0 Å². The van der Waals surface area contributed by atoms with Gasteiger partial charge < -0.3 is 5.11 Å². The molecule has 0 heterocycles. The summed E-state index contributed by atoms with van der Waals surface area (Å²) in [7, 11) is -3.67. The van der Waals surface area contributed by atoms with Crippen LogP contribution in [-0.4, -0.2) is 26.0 Å². The molecule has 1 aromatic rings. The lowest BCUT2D eigenvalue weighted by Crippen LogP contribution is -2.35. The SMILES string of the molecule is Cc1ccc(S(=O)(=O)NCC(CC(C)(C)C)C(=O)O)cc1. The van der Waals surface area contributed by atoms with Crippen LogP contribution in [0.1, 0.15) is 32.8 Å². The Kier molecular flexibility index (Phi) is 5.53. The Bertz CT molecular complexity index is 585. The fourth-order valence-corrected chi connectivity index (χ4v) is 3.08. The third-order valence-corrected chi connectivity index (χ3v) is 4.50. The van der Waals surface area contributed by atoms with E-state index in [9.17, 15) is 18.3 Å². The number of rotatable bonds is 6. The first-order chi connectivity index (χ1) is 9.51. The molecule has 0 radical (unpaired) electrons. The van der Waals surface area contributed by atoms with E-state index in [1.165, 1.54) is 12.1 Å². The van der Waals surface area contributed by atoms with E-state index in [0.29, 0.717) is 6.42 Å². The minimum Gasteiger partial charge on any atom is -0.481 e. The summed E-state index contributed by atoms with van der Waals surface area (Å²) in [4.78, 5) is 11.4. The van der Waals surface area contributed by atoms with Gasteiger partial charge in [-0.3, -0.25) is 4.79 Å². The smallest absolute Gasteiger partial charge is 0.307 e. The molecule has 1 atom stereocenters. The van der Waals surface area contributed by atoms with E-state index in [2.05, 4.69) is 4.72 Å². The first-order valence-electron chi connectivity index (χ1n) is 6.80. The molecule has 2 N–H and O–H groups in total. The number of hydrogen-bond acceptors (Lipinski definition) is 3. The van der Waals surface area contributed by atoms with Crippen LogP contribution in [0.4, 0.5) is 0 Å². The minimum atomic E-state index is -3.67. The standard InChI is InChI=1S/C15H23NO4S/c1-11-5-7-13(8-6-11)21(19,20)16-10-12(14(17)18)9-15(2,3)4/h5-8,12,16H,9-10H2,1-4H3,(H,17,18). The van der Waals surface area contributed by atoms with E-state index < -0.39 is 21.9 Å². The second-order valence-corrected chi connectivity index (χ2v) is 8.23. The van der Waals surface area contributed by atoms with E-state index in [1.807, 2.05) is 27.7 Å². The Hall–Kier alpha value is -1.40. The second kappa shape index (κ2) is 6.58. The topological polar surface area (TPSA) is 83.5 Å². The number of aliphatic carboxylic acids is 1. The highest BCUT2D eigenvalue weighted by atomic mass is 32.2. The third kappa shape index (κ3) is 5.85. The van der Waals surface area contributed by atoms with Gasteiger partial charge in [0.05, 0.1) is 10.8 Å². The van der Waals surface area contributed by atoms with Crippen LogP contribution in [0.15, 0.2) is 29.2 Å². The summed E-state index contributed by atoms with van der Waals surface area (Å²) >= 11 is 0. The number of aryl methyl sites for hydroxylation is 1. The molecule has 1 unspecified atom stereocenters. The summed E-state index contributed by atoms with van der Waals surface area (Å²) in [6, 6.07) is 6.44. The molecular weight excluding hydrogens is 290 g/mol. The average molecular weight is 313 g/mol. The van der Waals surface area contributed by atoms with Gasteiger partial charge in [0, 0.05) is 6.54 Å². The molecular formula is C15H23NO4S. The summed E-state index contributed by atoms with van der Waals surface area (Å²) < 4.78 is 26.7. The second-order valence-electron chi connectivity index (χ2n) is 6.46.